The highest BCUT2D eigenvalue weighted by atomic mass is 79.9. The van der Waals surface area contributed by atoms with Crippen LogP contribution in [0.4, 0.5) is 0 Å². The number of fused-ring (bicyclic) bond motifs is 1. The Hall–Kier alpha value is -2.68. The summed E-state index contributed by atoms with van der Waals surface area (Å²) in [6, 6.07) is 7.54. The van der Waals surface area contributed by atoms with E-state index in [4.69, 9.17) is 0 Å². The first-order valence-electron chi connectivity index (χ1n) is 8.89. The molecule has 0 spiro atoms. The third-order valence-electron chi connectivity index (χ3n) is 4.79. The average Bonchev–Trinajstić information content (AvgIpc) is 3.01. The van der Waals surface area contributed by atoms with Gasteiger partial charge in [-0.05, 0) is 24.1 Å². The zero-order valence-corrected chi connectivity index (χ0v) is 17.4. The maximum absolute atomic E-state index is 12.9. The molecule has 0 saturated carbocycles. The van der Waals surface area contributed by atoms with Crippen LogP contribution >= 0.6 is 15.9 Å². The molecule has 0 amide bonds. The van der Waals surface area contributed by atoms with Gasteiger partial charge in [0.2, 0.25) is 0 Å². The third kappa shape index (κ3) is 3.42. The third-order valence-corrected chi connectivity index (χ3v) is 5.29. The highest BCUT2D eigenvalue weighted by Crippen LogP contribution is 2.25. The molecule has 3 rings (SSSR count). The molecule has 1 unspecified atom stereocenters. The van der Waals surface area contributed by atoms with E-state index in [9.17, 15) is 19.5 Å². The predicted octanol–water partition coefficient (Wildman–Crippen LogP) is 2.21. The van der Waals surface area contributed by atoms with Gasteiger partial charge in [-0.15, -0.1) is 0 Å². The molecule has 1 atom stereocenters. The Bertz CT molecular complexity index is 1180. The van der Waals surface area contributed by atoms with Crippen LogP contribution in [-0.2, 0) is 25.4 Å². The zero-order chi connectivity index (χ0) is 20.6. The lowest BCUT2D eigenvalue weighted by molar-refractivity contribution is -0.139. The van der Waals surface area contributed by atoms with Crippen molar-refractivity contribution in [1.29, 1.82) is 0 Å². The Morgan fingerprint density at radius 3 is 2.57 bits per heavy atom. The maximum Gasteiger partial charge on any atom is 0.332 e. The summed E-state index contributed by atoms with van der Waals surface area (Å²) < 4.78 is 4.80. The molecule has 28 heavy (non-hydrogen) atoms. The molecule has 2 aromatic heterocycles. The van der Waals surface area contributed by atoms with Crippen LogP contribution in [-0.4, -0.2) is 29.8 Å². The summed E-state index contributed by atoms with van der Waals surface area (Å²) in [5.41, 5.74) is 0.305. The lowest BCUT2D eigenvalue weighted by Crippen LogP contribution is -2.37. The first kappa shape index (κ1) is 20.1. The Kier molecular flexibility index (Phi) is 5.55. The van der Waals surface area contributed by atoms with E-state index in [1.54, 1.807) is 4.57 Å². The summed E-state index contributed by atoms with van der Waals surface area (Å²) in [6.07, 6.45) is 1.03. The van der Waals surface area contributed by atoms with E-state index in [-0.39, 0.29) is 23.5 Å². The zero-order valence-electron chi connectivity index (χ0n) is 15.8. The molecule has 0 aliphatic carbocycles. The van der Waals surface area contributed by atoms with E-state index >= 15 is 0 Å². The van der Waals surface area contributed by atoms with Crippen molar-refractivity contribution < 1.29 is 9.90 Å². The number of carboxylic acids is 1. The Morgan fingerprint density at radius 1 is 1.25 bits per heavy atom. The van der Waals surface area contributed by atoms with Gasteiger partial charge in [0, 0.05) is 25.1 Å². The van der Waals surface area contributed by atoms with E-state index in [0.717, 1.165) is 14.6 Å². The summed E-state index contributed by atoms with van der Waals surface area (Å²) in [6.45, 7) is 2.16. The lowest BCUT2D eigenvalue weighted by Gasteiger charge is -2.15. The lowest BCUT2D eigenvalue weighted by atomic mass is 10.0. The van der Waals surface area contributed by atoms with Gasteiger partial charge in [0.1, 0.15) is 11.7 Å². The number of nitrogens with zero attached hydrogens (tertiary/aromatic N) is 4. The van der Waals surface area contributed by atoms with Crippen molar-refractivity contribution >= 4 is 33.1 Å². The molecule has 0 fully saturated rings. The van der Waals surface area contributed by atoms with E-state index in [0.29, 0.717) is 12.8 Å². The predicted molar refractivity (Wildman–Crippen MR) is 109 cm³/mol. The van der Waals surface area contributed by atoms with Crippen molar-refractivity contribution in [2.24, 2.45) is 14.1 Å². The van der Waals surface area contributed by atoms with Gasteiger partial charge in [-0.3, -0.25) is 18.7 Å². The topological polar surface area (TPSA) is 99.1 Å². The quantitative estimate of drug-likeness (QED) is 0.622. The van der Waals surface area contributed by atoms with Crippen LogP contribution in [0.1, 0.15) is 37.1 Å². The van der Waals surface area contributed by atoms with Crippen molar-refractivity contribution in [3.63, 3.8) is 0 Å². The maximum atomic E-state index is 12.9. The number of carbonyl (C=O) groups is 1. The van der Waals surface area contributed by atoms with Gasteiger partial charge in [0.25, 0.3) is 5.56 Å². The number of aryl methyl sites for hydroxylation is 1. The number of imidazole rings is 1. The number of benzene rings is 1. The minimum absolute atomic E-state index is 0.195. The molecule has 0 aliphatic rings. The number of hydrogen-bond acceptors (Lipinski definition) is 4. The van der Waals surface area contributed by atoms with Crippen LogP contribution in [0.3, 0.4) is 0 Å². The molecule has 0 aliphatic heterocycles. The van der Waals surface area contributed by atoms with E-state index in [2.05, 4.69) is 20.9 Å². The van der Waals surface area contributed by atoms with Gasteiger partial charge in [-0.2, -0.15) is 0 Å². The van der Waals surface area contributed by atoms with Gasteiger partial charge in [0.15, 0.2) is 11.2 Å². The van der Waals surface area contributed by atoms with Crippen molar-refractivity contribution in [2.45, 2.75) is 32.2 Å². The van der Waals surface area contributed by atoms with Crippen LogP contribution < -0.4 is 11.2 Å². The molecule has 0 radical (unpaired) electrons. The number of carboxylic acid groups (broad SMARTS) is 1. The standard InChI is InChI=1S/C19H21BrN4O4/c1-4-6-13(18(26)27)15-21-16-14(17(25)23(3)19(28)22(16)2)24(15)10-11-7-5-8-12(20)9-11/h5,7-9,13H,4,6,10H2,1-3H3,(H,26,27). The average molecular weight is 449 g/mol. The monoisotopic (exact) mass is 448 g/mol. The van der Waals surface area contributed by atoms with Gasteiger partial charge in [-0.25, -0.2) is 9.78 Å². The first-order chi connectivity index (χ1) is 13.3. The minimum Gasteiger partial charge on any atom is -0.481 e. The number of hydrogen-bond donors (Lipinski definition) is 1. The summed E-state index contributed by atoms with van der Waals surface area (Å²) in [5, 5.41) is 9.75. The molecule has 9 heteroatoms. The van der Waals surface area contributed by atoms with Gasteiger partial charge in [-0.1, -0.05) is 41.4 Å². The van der Waals surface area contributed by atoms with Crippen LogP contribution in [0, 0.1) is 0 Å². The normalized spacial score (nSPS) is 12.4. The fraction of sp³-hybridized carbons (Fsp3) is 0.368. The second-order valence-corrected chi connectivity index (χ2v) is 7.66. The van der Waals surface area contributed by atoms with Crippen LogP contribution in [0.15, 0.2) is 38.3 Å². The van der Waals surface area contributed by atoms with Gasteiger partial charge >= 0.3 is 11.7 Å². The molecule has 8 nitrogen and oxygen atoms in total. The Balaban J connectivity index is 2.36. The first-order valence-corrected chi connectivity index (χ1v) is 9.69. The number of rotatable bonds is 6. The SMILES string of the molecule is CCCC(C(=O)O)c1nc2c(c(=O)n(C)c(=O)n2C)n1Cc1cccc(Br)c1. The van der Waals surface area contributed by atoms with E-state index in [1.807, 2.05) is 31.2 Å². The molecule has 0 bridgehead atoms. The second-order valence-electron chi connectivity index (χ2n) is 6.74. The van der Waals surface area contributed by atoms with Crippen molar-refractivity contribution in [1.82, 2.24) is 18.7 Å². The molecule has 148 valence electrons. The largest absolute Gasteiger partial charge is 0.481 e. The number of aliphatic carboxylic acids is 1. The molecule has 3 aromatic rings. The summed E-state index contributed by atoms with van der Waals surface area (Å²) >= 11 is 3.43. The van der Waals surface area contributed by atoms with Crippen molar-refractivity contribution in [3.05, 3.63) is 61.0 Å². The molecule has 1 N–H and O–H groups in total. The fourth-order valence-corrected chi connectivity index (χ4v) is 3.81. The Labute approximate surface area is 169 Å². The molecule has 0 saturated heterocycles. The highest BCUT2D eigenvalue weighted by Gasteiger charge is 2.28. The van der Waals surface area contributed by atoms with Crippen LogP contribution in [0.25, 0.3) is 11.2 Å². The van der Waals surface area contributed by atoms with Gasteiger partial charge in [0.05, 0.1) is 0 Å². The van der Waals surface area contributed by atoms with Crippen LogP contribution in [0.2, 0.25) is 0 Å². The molecule has 2 heterocycles. The number of halogens is 1. The fourth-order valence-electron chi connectivity index (χ4n) is 3.36. The minimum atomic E-state index is -1.01. The highest BCUT2D eigenvalue weighted by molar-refractivity contribution is 9.10. The van der Waals surface area contributed by atoms with Crippen LogP contribution in [0.5, 0.6) is 0 Å². The van der Waals surface area contributed by atoms with Crippen molar-refractivity contribution in [2.75, 3.05) is 0 Å². The van der Waals surface area contributed by atoms with Crippen molar-refractivity contribution in [3.8, 4) is 0 Å². The van der Waals surface area contributed by atoms with E-state index in [1.165, 1.54) is 18.7 Å². The molecular formula is C19H21BrN4O4. The van der Waals surface area contributed by atoms with E-state index < -0.39 is 23.1 Å². The van der Waals surface area contributed by atoms with Gasteiger partial charge < -0.3 is 9.67 Å². The number of aromatic nitrogens is 4. The summed E-state index contributed by atoms with van der Waals surface area (Å²) in [4.78, 5) is 41.6. The molecular weight excluding hydrogens is 428 g/mol. The smallest absolute Gasteiger partial charge is 0.332 e. The molecule has 1 aromatic carbocycles. The summed E-state index contributed by atoms with van der Waals surface area (Å²) in [7, 11) is 2.93. The summed E-state index contributed by atoms with van der Waals surface area (Å²) in [5.74, 6) is -1.60. The second kappa shape index (κ2) is 7.75. The Morgan fingerprint density at radius 2 is 1.96 bits per heavy atom.